The quantitative estimate of drug-likeness (QED) is 0.284. The van der Waals surface area contributed by atoms with E-state index in [0.717, 1.165) is 18.3 Å². The van der Waals surface area contributed by atoms with E-state index in [-0.39, 0.29) is 40.0 Å². The Labute approximate surface area is 259 Å². The summed E-state index contributed by atoms with van der Waals surface area (Å²) in [6, 6.07) is 23.6. The van der Waals surface area contributed by atoms with E-state index >= 15 is 0 Å². The summed E-state index contributed by atoms with van der Waals surface area (Å²) >= 11 is 2.14. The van der Waals surface area contributed by atoms with Gasteiger partial charge in [-0.1, -0.05) is 48.5 Å². The van der Waals surface area contributed by atoms with E-state index in [1.807, 2.05) is 12.1 Å². The predicted octanol–water partition coefficient (Wildman–Crippen LogP) is 4.24. The number of carbonyl (C=O) groups excluding carboxylic acids is 6. The van der Waals surface area contributed by atoms with E-state index in [0.29, 0.717) is 16.9 Å². The van der Waals surface area contributed by atoms with Gasteiger partial charge in [0.1, 0.15) is 0 Å². The highest BCUT2D eigenvalue weighted by Crippen LogP contribution is 2.42. The molecule has 0 atom stereocenters. The molecule has 6 amide bonds. The lowest BCUT2D eigenvalue weighted by atomic mass is 9.92. The monoisotopic (exact) mass is 683 g/mol. The Balaban J connectivity index is 1.52. The molecule has 212 valence electrons. The Kier molecular flexibility index (Phi) is 7.01. The molecule has 3 heterocycles. The van der Waals surface area contributed by atoms with Gasteiger partial charge in [-0.25, -0.2) is 9.80 Å². The second-order valence-corrected chi connectivity index (χ2v) is 11.4. The van der Waals surface area contributed by atoms with Crippen LogP contribution in [0.15, 0.2) is 118 Å². The Bertz CT molecular complexity index is 1760. The highest BCUT2D eigenvalue weighted by molar-refractivity contribution is 14.1. The molecule has 0 saturated carbocycles. The van der Waals surface area contributed by atoms with Crippen molar-refractivity contribution in [2.75, 3.05) is 9.80 Å². The third kappa shape index (κ3) is 4.45. The van der Waals surface area contributed by atoms with Gasteiger partial charge in [-0.3, -0.25) is 33.7 Å². The van der Waals surface area contributed by atoms with E-state index in [9.17, 15) is 28.8 Å². The molecule has 0 saturated heterocycles. The molecule has 0 bridgehead atoms. The van der Waals surface area contributed by atoms with Crippen LogP contribution in [0.4, 0.5) is 11.4 Å². The van der Waals surface area contributed by atoms with Gasteiger partial charge in [0, 0.05) is 14.7 Å². The van der Waals surface area contributed by atoms with Gasteiger partial charge in [-0.15, -0.1) is 0 Å². The van der Waals surface area contributed by atoms with E-state index < -0.39 is 35.4 Å². The fraction of sp³-hybridized carbons (Fsp3) is 0.0909. The first kappa shape index (κ1) is 28.2. The standard InChI is InChI=1S/C33H22IN3O6/c1-18-24(32(42)36(28(18)38)22-9-5-3-6-10-22)26-27(31(41)35(30(26)40)17-20-13-15-21(34)16-14-20)25-19(2)29(39)37(33(25)43)23-11-7-4-8-12-23/h3-16H,17H2,1-2H3. The van der Waals surface area contributed by atoms with E-state index in [1.54, 1.807) is 72.8 Å². The molecule has 43 heavy (non-hydrogen) atoms. The molecule has 10 heteroatoms. The van der Waals surface area contributed by atoms with Gasteiger partial charge >= 0.3 is 0 Å². The van der Waals surface area contributed by atoms with Gasteiger partial charge in [0.15, 0.2) is 0 Å². The molecule has 0 spiro atoms. The average molecular weight is 683 g/mol. The Hall–Kier alpha value is -4.97. The second kappa shape index (κ2) is 10.7. The molecule has 0 radical (unpaired) electrons. The third-order valence-electron chi connectivity index (χ3n) is 7.58. The van der Waals surface area contributed by atoms with Crippen molar-refractivity contribution in [3.8, 4) is 0 Å². The largest absolute Gasteiger partial charge is 0.270 e. The number of carbonyl (C=O) groups is 6. The molecule has 0 aromatic heterocycles. The van der Waals surface area contributed by atoms with Gasteiger partial charge in [0.25, 0.3) is 35.4 Å². The first-order chi connectivity index (χ1) is 20.6. The summed E-state index contributed by atoms with van der Waals surface area (Å²) in [5.74, 6) is -4.56. The SMILES string of the molecule is CC1=C(C2=C(C3=C(C)C(=O)N(c4ccccc4)C3=O)C(=O)N(Cc3ccc(I)cc3)C2=O)C(=O)N(c2ccccc2)C1=O. The molecule has 3 aliphatic heterocycles. The summed E-state index contributed by atoms with van der Waals surface area (Å²) in [5, 5.41) is 0. The van der Waals surface area contributed by atoms with Gasteiger partial charge in [-0.2, -0.15) is 0 Å². The third-order valence-corrected chi connectivity index (χ3v) is 8.30. The van der Waals surface area contributed by atoms with Crippen LogP contribution in [-0.2, 0) is 35.3 Å². The molecule has 0 N–H and O–H groups in total. The summed E-state index contributed by atoms with van der Waals surface area (Å²) < 4.78 is 0.952. The Morgan fingerprint density at radius 3 is 1.28 bits per heavy atom. The molecule has 0 aliphatic carbocycles. The van der Waals surface area contributed by atoms with Crippen LogP contribution < -0.4 is 9.80 Å². The number of anilines is 2. The maximum absolute atomic E-state index is 14.1. The number of hydrogen-bond acceptors (Lipinski definition) is 6. The van der Waals surface area contributed by atoms with Gasteiger partial charge in [0.05, 0.1) is 40.2 Å². The number of nitrogens with zero attached hydrogens (tertiary/aromatic N) is 3. The molecular weight excluding hydrogens is 661 g/mol. The van der Waals surface area contributed by atoms with Crippen molar-refractivity contribution in [2.45, 2.75) is 20.4 Å². The number of rotatable bonds is 6. The van der Waals surface area contributed by atoms with Crippen molar-refractivity contribution in [1.82, 2.24) is 4.90 Å². The van der Waals surface area contributed by atoms with E-state index in [2.05, 4.69) is 22.6 Å². The smallest absolute Gasteiger partial charge is 0.266 e. The summed E-state index contributed by atoms with van der Waals surface area (Å²) in [6.45, 7) is 2.67. The molecule has 0 fully saturated rings. The van der Waals surface area contributed by atoms with Gasteiger partial charge in [0.2, 0.25) is 0 Å². The Morgan fingerprint density at radius 1 is 0.488 bits per heavy atom. The molecule has 3 aromatic carbocycles. The fourth-order valence-electron chi connectivity index (χ4n) is 5.45. The zero-order valence-electron chi connectivity index (χ0n) is 23.0. The second-order valence-electron chi connectivity index (χ2n) is 10.1. The maximum Gasteiger partial charge on any atom is 0.266 e. The average Bonchev–Trinajstić information content (AvgIpc) is 3.47. The highest BCUT2D eigenvalue weighted by atomic mass is 127. The lowest BCUT2D eigenvalue weighted by Gasteiger charge is -2.16. The highest BCUT2D eigenvalue weighted by Gasteiger charge is 2.52. The molecule has 6 rings (SSSR count). The first-order valence-electron chi connectivity index (χ1n) is 13.3. The minimum atomic E-state index is -0.831. The lowest BCUT2D eigenvalue weighted by molar-refractivity contribution is -0.138. The van der Waals surface area contributed by atoms with Crippen LogP contribution in [0.25, 0.3) is 0 Å². The maximum atomic E-state index is 14.1. The summed E-state index contributed by atoms with van der Waals surface area (Å²) in [6.07, 6.45) is 0. The van der Waals surface area contributed by atoms with Crippen LogP contribution in [0.1, 0.15) is 19.4 Å². The van der Waals surface area contributed by atoms with Gasteiger partial charge < -0.3 is 0 Å². The summed E-state index contributed by atoms with van der Waals surface area (Å²) in [5.41, 5.74) is -0.151. The first-order valence-corrected chi connectivity index (χ1v) is 14.3. The Morgan fingerprint density at radius 2 is 0.884 bits per heavy atom. The number of para-hydroxylation sites is 2. The van der Waals surface area contributed by atoms with Crippen molar-refractivity contribution in [3.05, 3.63) is 128 Å². The van der Waals surface area contributed by atoms with Crippen molar-refractivity contribution in [1.29, 1.82) is 0 Å². The molecular formula is C33H22IN3O6. The van der Waals surface area contributed by atoms with Crippen LogP contribution >= 0.6 is 22.6 Å². The van der Waals surface area contributed by atoms with Crippen molar-refractivity contribution < 1.29 is 28.8 Å². The minimum Gasteiger partial charge on any atom is -0.270 e. The number of imide groups is 3. The molecule has 3 aliphatic rings. The van der Waals surface area contributed by atoms with Crippen LogP contribution in [0.5, 0.6) is 0 Å². The predicted molar refractivity (Wildman–Crippen MR) is 165 cm³/mol. The number of benzene rings is 3. The van der Waals surface area contributed by atoms with Crippen molar-refractivity contribution in [3.63, 3.8) is 0 Å². The van der Waals surface area contributed by atoms with Crippen LogP contribution in [0.2, 0.25) is 0 Å². The molecule has 3 aromatic rings. The molecule has 9 nitrogen and oxygen atoms in total. The van der Waals surface area contributed by atoms with E-state index in [4.69, 9.17) is 0 Å². The fourth-order valence-corrected chi connectivity index (χ4v) is 5.81. The van der Waals surface area contributed by atoms with Crippen LogP contribution in [-0.4, -0.2) is 40.3 Å². The number of hydrogen-bond donors (Lipinski definition) is 0. The molecule has 0 unspecified atom stereocenters. The lowest BCUT2D eigenvalue weighted by Crippen LogP contribution is -2.34. The van der Waals surface area contributed by atoms with Crippen molar-refractivity contribution in [2.24, 2.45) is 0 Å². The van der Waals surface area contributed by atoms with Crippen LogP contribution in [0, 0.1) is 3.57 Å². The minimum absolute atomic E-state index is 0.0476. The topological polar surface area (TPSA) is 112 Å². The zero-order valence-corrected chi connectivity index (χ0v) is 25.1. The van der Waals surface area contributed by atoms with Crippen molar-refractivity contribution >= 4 is 69.4 Å². The summed E-state index contributed by atoms with van der Waals surface area (Å²) in [7, 11) is 0. The van der Waals surface area contributed by atoms with Gasteiger partial charge in [-0.05, 0) is 78.4 Å². The zero-order chi connectivity index (χ0) is 30.6. The number of halogens is 1. The van der Waals surface area contributed by atoms with E-state index in [1.165, 1.54) is 13.8 Å². The van der Waals surface area contributed by atoms with Crippen LogP contribution in [0.3, 0.4) is 0 Å². The normalized spacial score (nSPS) is 17.6. The summed E-state index contributed by atoms with van der Waals surface area (Å²) in [4.78, 5) is 85.6. The number of amides is 6.